The summed E-state index contributed by atoms with van der Waals surface area (Å²) >= 11 is 0. The molecule has 1 saturated heterocycles. The summed E-state index contributed by atoms with van der Waals surface area (Å²) in [6.45, 7) is 5.45. The van der Waals surface area contributed by atoms with Gasteiger partial charge in [-0.3, -0.25) is 19.6 Å². The molecule has 1 N–H and O–H groups in total. The molecule has 0 saturated carbocycles. The van der Waals surface area contributed by atoms with Crippen LogP contribution in [-0.2, 0) is 4.79 Å². The van der Waals surface area contributed by atoms with E-state index in [0.717, 1.165) is 44.7 Å². The molecule has 1 aliphatic rings. The van der Waals surface area contributed by atoms with Gasteiger partial charge in [0.25, 0.3) is 0 Å². The molecule has 1 aromatic heterocycles. The van der Waals surface area contributed by atoms with Gasteiger partial charge in [0.05, 0.1) is 24.5 Å². The fourth-order valence-corrected chi connectivity index (χ4v) is 2.89. The van der Waals surface area contributed by atoms with Crippen LogP contribution < -0.4 is 0 Å². The van der Waals surface area contributed by atoms with Crippen LogP contribution in [0.4, 0.5) is 4.39 Å². The number of aromatic nitrogens is 1. The molecular formula is C15H22FN3O2. The van der Waals surface area contributed by atoms with E-state index < -0.39 is 5.97 Å². The van der Waals surface area contributed by atoms with Crippen LogP contribution in [0.25, 0.3) is 0 Å². The Bertz CT molecular complexity index is 466. The molecule has 0 aliphatic carbocycles. The molecule has 0 spiro atoms. The smallest absolute Gasteiger partial charge is 0.317 e. The van der Waals surface area contributed by atoms with Crippen molar-refractivity contribution in [1.29, 1.82) is 0 Å². The van der Waals surface area contributed by atoms with E-state index in [9.17, 15) is 9.18 Å². The van der Waals surface area contributed by atoms with Gasteiger partial charge in [-0.2, -0.15) is 0 Å². The molecule has 0 bridgehead atoms. The summed E-state index contributed by atoms with van der Waals surface area (Å²) in [6.07, 6.45) is 3.09. The fraction of sp³-hybridized carbons (Fsp3) is 0.600. The normalized spacial score (nSPS) is 19.1. The zero-order valence-corrected chi connectivity index (χ0v) is 12.3. The van der Waals surface area contributed by atoms with Crippen LogP contribution in [-0.4, -0.2) is 58.6 Å². The van der Waals surface area contributed by atoms with Gasteiger partial charge in [-0.15, -0.1) is 0 Å². The van der Waals surface area contributed by atoms with E-state index in [1.54, 1.807) is 6.07 Å². The van der Waals surface area contributed by atoms with Crippen LogP contribution in [0.5, 0.6) is 0 Å². The fourth-order valence-electron chi connectivity index (χ4n) is 2.89. The minimum atomic E-state index is -0.782. The Morgan fingerprint density at radius 2 is 2.19 bits per heavy atom. The van der Waals surface area contributed by atoms with E-state index in [2.05, 4.69) is 16.8 Å². The number of hydrogen-bond acceptors (Lipinski definition) is 4. The maximum Gasteiger partial charge on any atom is 0.317 e. The Balaban J connectivity index is 2.02. The van der Waals surface area contributed by atoms with Crippen LogP contribution in [0.15, 0.2) is 18.3 Å². The maximum absolute atomic E-state index is 13.0. The van der Waals surface area contributed by atoms with Gasteiger partial charge in [0, 0.05) is 26.2 Å². The zero-order chi connectivity index (χ0) is 15.2. The van der Waals surface area contributed by atoms with Crippen molar-refractivity contribution < 1.29 is 14.3 Å². The van der Waals surface area contributed by atoms with Crippen LogP contribution in [0, 0.1) is 5.82 Å². The lowest BCUT2D eigenvalue weighted by atomic mass is 10.1. The molecule has 1 unspecified atom stereocenters. The molecule has 2 heterocycles. The quantitative estimate of drug-likeness (QED) is 0.897. The van der Waals surface area contributed by atoms with Crippen molar-refractivity contribution in [2.24, 2.45) is 0 Å². The molecule has 1 aromatic rings. The van der Waals surface area contributed by atoms with Crippen LogP contribution in [0.2, 0.25) is 0 Å². The number of nitrogens with zero attached hydrogens (tertiary/aromatic N) is 3. The second-order valence-electron chi connectivity index (χ2n) is 5.38. The average Bonchev–Trinajstić information content (AvgIpc) is 2.67. The molecule has 0 amide bonds. The molecule has 5 nitrogen and oxygen atoms in total. The highest BCUT2D eigenvalue weighted by atomic mass is 19.1. The van der Waals surface area contributed by atoms with Crippen molar-refractivity contribution in [3.8, 4) is 0 Å². The number of rotatable bonds is 5. The minimum absolute atomic E-state index is 0.0967. The Labute approximate surface area is 124 Å². The average molecular weight is 295 g/mol. The highest BCUT2D eigenvalue weighted by Crippen LogP contribution is 2.23. The number of pyridine rings is 1. The van der Waals surface area contributed by atoms with Crippen molar-refractivity contribution in [2.75, 3.05) is 32.7 Å². The van der Waals surface area contributed by atoms with Gasteiger partial charge in [-0.25, -0.2) is 4.39 Å². The second kappa shape index (κ2) is 7.47. The molecule has 116 valence electrons. The third kappa shape index (κ3) is 4.47. The number of carboxylic acid groups (broad SMARTS) is 1. The Morgan fingerprint density at radius 3 is 2.81 bits per heavy atom. The summed E-state index contributed by atoms with van der Waals surface area (Å²) in [5.41, 5.74) is 0.880. The third-order valence-electron chi connectivity index (χ3n) is 3.90. The molecule has 2 rings (SSSR count). The summed E-state index contributed by atoms with van der Waals surface area (Å²) in [5.74, 6) is -1.10. The van der Waals surface area contributed by atoms with Crippen molar-refractivity contribution >= 4 is 5.97 Å². The lowest BCUT2D eigenvalue weighted by Crippen LogP contribution is -2.35. The number of carbonyl (C=O) groups is 1. The highest BCUT2D eigenvalue weighted by Gasteiger charge is 2.23. The standard InChI is InChI=1S/C15H22FN3O2/c1-2-14(13-5-4-12(16)10-17-13)19-7-3-6-18(8-9-19)11-15(20)21/h4-5,10,14H,2-3,6-9,11H2,1H3,(H,20,21). The highest BCUT2D eigenvalue weighted by molar-refractivity contribution is 5.69. The largest absolute Gasteiger partial charge is 0.480 e. The van der Waals surface area contributed by atoms with E-state index in [4.69, 9.17) is 5.11 Å². The van der Waals surface area contributed by atoms with E-state index in [0.29, 0.717) is 0 Å². The summed E-state index contributed by atoms with van der Waals surface area (Å²) < 4.78 is 13.0. The molecule has 1 aliphatic heterocycles. The lowest BCUT2D eigenvalue weighted by molar-refractivity contribution is -0.138. The molecule has 1 atom stereocenters. The van der Waals surface area contributed by atoms with E-state index in [1.165, 1.54) is 12.3 Å². The molecule has 0 radical (unpaired) electrons. The molecule has 21 heavy (non-hydrogen) atoms. The monoisotopic (exact) mass is 295 g/mol. The number of aliphatic carboxylic acids is 1. The van der Waals surface area contributed by atoms with Crippen LogP contribution in [0.1, 0.15) is 31.5 Å². The SMILES string of the molecule is CCC(c1ccc(F)cn1)N1CCCN(CC(=O)O)CC1. The topological polar surface area (TPSA) is 56.7 Å². The predicted molar refractivity (Wildman–Crippen MR) is 77.5 cm³/mol. The summed E-state index contributed by atoms with van der Waals surface area (Å²) in [7, 11) is 0. The van der Waals surface area contributed by atoms with Crippen LogP contribution in [0.3, 0.4) is 0 Å². The third-order valence-corrected chi connectivity index (χ3v) is 3.90. The Hall–Kier alpha value is -1.53. The van der Waals surface area contributed by atoms with Gasteiger partial charge < -0.3 is 5.11 Å². The van der Waals surface area contributed by atoms with Gasteiger partial charge in [-0.05, 0) is 25.0 Å². The summed E-state index contributed by atoms with van der Waals surface area (Å²) in [6, 6.07) is 3.35. The van der Waals surface area contributed by atoms with Crippen molar-refractivity contribution in [3.05, 3.63) is 29.8 Å². The minimum Gasteiger partial charge on any atom is -0.480 e. The first-order valence-electron chi connectivity index (χ1n) is 7.39. The van der Waals surface area contributed by atoms with E-state index in [-0.39, 0.29) is 18.4 Å². The Kier molecular flexibility index (Phi) is 5.64. The lowest BCUT2D eigenvalue weighted by Gasteiger charge is -2.29. The van der Waals surface area contributed by atoms with Crippen molar-refractivity contribution in [1.82, 2.24) is 14.8 Å². The summed E-state index contributed by atoms with van der Waals surface area (Å²) in [4.78, 5) is 19.3. The van der Waals surface area contributed by atoms with Crippen LogP contribution >= 0.6 is 0 Å². The number of carboxylic acids is 1. The van der Waals surface area contributed by atoms with Gasteiger partial charge >= 0.3 is 5.97 Å². The summed E-state index contributed by atoms with van der Waals surface area (Å²) in [5, 5.41) is 8.88. The second-order valence-corrected chi connectivity index (χ2v) is 5.38. The van der Waals surface area contributed by atoms with Gasteiger partial charge in [-0.1, -0.05) is 6.92 Å². The number of halogens is 1. The van der Waals surface area contributed by atoms with Gasteiger partial charge in [0.2, 0.25) is 0 Å². The number of hydrogen-bond donors (Lipinski definition) is 1. The van der Waals surface area contributed by atoms with Gasteiger partial charge in [0.15, 0.2) is 0 Å². The van der Waals surface area contributed by atoms with E-state index in [1.807, 2.05) is 4.90 Å². The first-order chi connectivity index (χ1) is 10.1. The maximum atomic E-state index is 13.0. The predicted octanol–water partition coefficient (Wildman–Crippen LogP) is 1.76. The molecular weight excluding hydrogens is 273 g/mol. The van der Waals surface area contributed by atoms with Gasteiger partial charge in [0.1, 0.15) is 5.82 Å². The van der Waals surface area contributed by atoms with Crippen molar-refractivity contribution in [2.45, 2.75) is 25.8 Å². The van der Waals surface area contributed by atoms with E-state index >= 15 is 0 Å². The Morgan fingerprint density at radius 1 is 1.38 bits per heavy atom. The van der Waals surface area contributed by atoms with Crippen molar-refractivity contribution in [3.63, 3.8) is 0 Å². The first kappa shape index (κ1) is 15.9. The first-order valence-corrected chi connectivity index (χ1v) is 7.39. The zero-order valence-electron chi connectivity index (χ0n) is 12.3. The molecule has 1 fully saturated rings. The molecule has 6 heteroatoms. The molecule has 0 aromatic carbocycles.